The molecule has 0 spiro atoms. The maximum absolute atomic E-state index is 10.2. The second kappa shape index (κ2) is 7.16. The van der Waals surface area contributed by atoms with Gasteiger partial charge in [-0.2, -0.15) is 5.10 Å². The molecule has 8 nitrogen and oxygen atoms in total. The number of aliphatic hydroxyl groups is 1. The van der Waals surface area contributed by atoms with Crippen LogP contribution in [0, 0.1) is 6.92 Å². The van der Waals surface area contributed by atoms with Crippen LogP contribution in [0.2, 0.25) is 0 Å². The topological polar surface area (TPSA) is 84.9 Å². The van der Waals surface area contributed by atoms with E-state index in [0.29, 0.717) is 19.5 Å². The molecule has 0 aliphatic carbocycles. The van der Waals surface area contributed by atoms with Crippen LogP contribution in [0.15, 0.2) is 36.5 Å². The Morgan fingerprint density at radius 3 is 2.48 bits per heavy atom. The van der Waals surface area contributed by atoms with Crippen LogP contribution in [0.1, 0.15) is 24.3 Å². The Morgan fingerprint density at radius 1 is 1.03 bits per heavy atom. The van der Waals surface area contributed by atoms with Crippen molar-refractivity contribution in [1.82, 2.24) is 29.3 Å². The van der Waals surface area contributed by atoms with Crippen LogP contribution in [0.4, 0.5) is 5.82 Å². The van der Waals surface area contributed by atoms with E-state index in [9.17, 15) is 5.11 Å². The van der Waals surface area contributed by atoms with Crippen molar-refractivity contribution in [2.45, 2.75) is 32.3 Å². The summed E-state index contributed by atoms with van der Waals surface area (Å²) in [4.78, 5) is 16.6. The van der Waals surface area contributed by atoms with Gasteiger partial charge < -0.3 is 14.6 Å². The third kappa shape index (κ3) is 3.57. The van der Waals surface area contributed by atoms with Gasteiger partial charge in [-0.1, -0.05) is 30.3 Å². The van der Waals surface area contributed by atoms with E-state index in [-0.39, 0.29) is 0 Å². The Hall–Kier alpha value is -3.26. The minimum atomic E-state index is -0.672. The lowest BCUT2D eigenvalue weighted by Crippen LogP contribution is -2.60. The van der Waals surface area contributed by atoms with E-state index in [1.54, 1.807) is 0 Å². The van der Waals surface area contributed by atoms with Crippen molar-refractivity contribution in [3.63, 3.8) is 0 Å². The molecule has 1 fully saturated rings. The summed E-state index contributed by atoms with van der Waals surface area (Å²) in [6.45, 7) is 4.95. The molecule has 0 saturated carbocycles. The maximum Gasteiger partial charge on any atom is 0.163 e. The third-order valence-electron chi connectivity index (χ3n) is 5.86. The average Bonchev–Trinajstić information content (AvgIpc) is 3.24. The highest BCUT2D eigenvalue weighted by molar-refractivity contribution is 5.90. The molecule has 4 heterocycles. The predicted molar refractivity (Wildman–Crippen MR) is 120 cm³/mol. The highest BCUT2D eigenvalue weighted by atomic mass is 16.3. The molecule has 0 atom stereocenters. The van der Waals surface area contributed by atoms with Gasteiger partial charge in [-0.3, -0.25) is 4.68 Å². The molecule has 1 N–H and O–H groups in total. The number of nitrogens with zero attached hydrogens (tertiary/aromatic N) is 7. The molecule has 8 heteroatoms. The fraction of sp³-hybridized carbons (Fsp3) is 0.391. The number of hydrogen-bond acceptors (Lipinski definition) is 6. The summed E-state index contributed by atoms with van der Waals surface area (Å²) in [5, 5.41) is 15.7. The molecule has 1 saturated heterocycles. The van der Waals surface area contributed by atoms with Gasteiger partial charge in [0.1, 0.15) is 17.5 Å². The number of imidazole rings is 1. The summed E-state index contributed by atoms with van der Waals surface area (Å²) in [7, 11) is 3.93. The summed E-state index contributed by atoms with van der Waals surface area (Å²) >= 11 is 0. The van der Waals surface area contributed by atoms with Gasteiger partial charge in [0.05, 0.1) is 22.4 Å². The zero-order chi connectivity index (χ0) is 21.8. The van der Waals surface area contributed by atoms with Crippen molar-refractivity contribution in [1.29, 1.82) is 0 Å². The largest absolute Gasteiger partial charge is 0.386 e. The molecule has 1 aromatic carbocycles. The van der Waals surface area contributed by atoms with Crippen molar-refractivity contribution in [2.24, 2.45) is 14.1 Å². The zero-order valence-electron chi connectivity index (χ0n) is 18.4. The average molecular weight is 418 g/mol. The van der Waals surface area contributed by atoms with E-state index in [4.69, 9.17) is 15.0 Å². The third-order valence-corrected chi connectivity index (χ3v) is 5.86. The quantitative estimate of drug-likeness (QED) is 0.537. The van der Waals surface area contributed by atoms with Gasteiger partial charge in [0.15, 0.2) is 5.65 Å². The Kier molecular flexibility index (Phi) is 4.55. The Balaban J connectivity index is 1.44. The van der Waals surface area contributed by atoms with Gasteiger partial charge in [0.2, 0.25) is 0 Å². The molecular formula is C23H27N7O. The molecule has 3 aromatic heterocycles. The van der Waals surface area contributed by atoms with Crippen LogP contribution < -0.4 is 4.90 Å². The van der Waals surface area contributed by atoms with Gasteiger partial charge in [0.25, 0.3) is 0 Å². The number of aromatic nitrogens is 6. The molecule has 4 aromatic rings. The van der Waals surface area contributed by atoms with E-state index in [2.05, 4.69) is 32.9 Å². The van der Waals surface area contributed by atoms with E-state index in [0.717, 1.165) is 51.9 Å². The number of hydrogen-bond donors (Lipinski definition) is 1. The summed E-state index contributed by atoms with van der Waals surface area (Å²) in [6.07, 6.45) is 3.48. The number of fused-ring (bicyclic) bond motifs is 1. The van der Waals surface area contributed by atoms with E-state index in [1.165, 1.54) is 0 Å². The number of anilines is 1. The Morgan fingerprint density at radius 2 is 1.77 bits per heavy atom. The first-order valence-electron chi connectivity index (χ1n) is 10.6. The first-order chi connectivity index (χ1) is 14.8. The normalized spacial score (nSPS) is 15.5. The van der Waals surface area contributed by atoms with Crippen molar-refractivity contribution >= 4 is 16.9 Å². The summed E-state index contributed by atoms with van der Waals surface area (Å²) < 4.78 is 3.88. The molecule has 0 bridgehead atoms. The summed E-state index contributed by atoms with van der Waals surface area (Å²) in [6, 6.07) is 10.2. The molecular weight excluding hydrogens is 390 g/mol. The van der Waals surface area contributed by atoms with Gasteiger partial charge in [-0.25, -0.2) is 15.0 Å². The fourth-order valence-electron chi connectivity index (χ4n) is 4.34. The second-order valence-electron chi connectivity index (χ2n) is 8.74. The van der Waals surface area contributed by atoms with Crippen molar-refractivity contribution in [3.05, 3.63) is 53.9 Å². The van der Waals surface area contributed by atoms with Gasteiger partial charge in [-0.15, -0.1) is 0 Å². The Bertz CT molecular complexity index is 1250. The predicted octanol–water partition coefficient (Wildman–Crippen LogP) is 2.43. The number of β-amino-alcohol motifs (C(OH)–C–C–N with tert-alkyl or cyclic N) is 1. The SMILES string of the molecule is Cc1nn(C)c2nc(CCc3nc(-c4ccccc4)cn3C)nc(N3CC(C)(O)C3)c12. The summed E-state index contributed by atoms with van der Waals surface area (Å²) in [5.41, 5.74) is 3.14. The van der Waals surface area contributed by atoms with Crippen molar-refractivity contribution in [2.75, 3.05) is 18.0 Å². The van der Waals surface area contributed by atoms with Crippen LogP contribution in [-0.2, 0) is 26.9 Å². The molecule has 0 unspecified atom stereocenters. The number of benzene rings is 1. The first kappa shape index (κ1) is 19.7. The van der Waals surface area contributed by atoms with Gasteiger partial charge >= 0.3 is 0 Å². The lowest BCUT2D eigenvalue weighted by Gasteiger charge is -2.45. The monoisotopic (exact) mass is 417 g/mol. The molecule has 5 rings (SSSR count). The van der Waals surface area contributed by atoms with Crippen LogP contribution in [0.5, 0.6) is 0 Å². The van der Waals surface area contributed by atoms with Gasteiger partial charge in [0, 0.05) is 51.8 Å². The molecule has 0 amide bonds. The smallest absolute Gasteiger partial charge is 0.163 e. The van der Waals surface area contributed by atoms with Crippen LogP contribution in [0.25, 0.3) is 22.3 Å². The summed E-state index contributed by atoms with van der Waals surface area (Å²) in [5.74, 6) is 2.63. The minimum Gasteiger partial charge on any atom is -0.386 e. The standard InChI is InChI=1S/C23H27N7O/c1-15-20-21(29(4)27-15)25-18(26-22(20)30-13-23(2,31)14-30)10-11-19-24-17(12-28(19)3)16-8-6-5-7-9-16/h5-9,12,31H,10-11,13-14H2,1-4H3. The lowest BCUT2D eigenvalue weighted by molar-refractivity contribution is 0.0307. The zero-order valence-corrected chi connectivity index (χ0v) is 18.4. The molecule has 1 aliphatic heterocycles. The van der Waals surface area contributed by atoms with Gasteiger partial charge in [-0.05, 0) is 13.8 Å². The number of rotatable bonds is 5. The fourth-order valence-corrected chi connectivity index (χ4v) is 4.34. The van der Waals surface area contributed by atoms with E-state index >= 15 is 0 Å². The van der Waals surface area contributed by atoms with E-state index < -0.39 is 5.60 Å². The minimum absolute atomic E-state index is 0.562. The van der Waals surface area contributed by atoms with Crippen LogP contribution in [-0.4, -0.2) is 53.1 Å². The molecule has 0 radical (unpaired) electrons. The lowest BCUT2D eigenvalue weighted by atomic mass is 9.96. The highest BCUT2D eigenvalue weighted by Crippen LogP contribution is 2.33. The van der Waals surface area contributed by atoms with Crippen molar-refractivity contribution < 1.29 is 5.11 Å². The van der Waals surface area contributed by atoms with E-state index in [1.807, 2.05) is 50.8 Å². The number of aryl methyl sites for hydroxylation is 5. The highest BCUT2D eigenvalue weighted by Gasteiger charge is 2.38. The second-order valence-corrected chi connectivity index (χ2v) is 8.74. The maximum atomic E-state index is 10.2. The Labute approximate surface area is 181 Å². The van der Waals surface area contributed by atoms with Crippen LogP contribution in [0.3, 0.4) is 0 Å². The van der Waals surface area contributed by atoms with Crippen molar-refractivity contribution in [3.8, 4) is 11.3 Å². The van der Waals surface area contributed by atoms with Crippen LogP contribution >= 0.6 is 0 Å². The molecule has 160 valence electrons. The molecule has 1 aliphatic rings. The molecule has 31 heavy (non-hydrogen) atoms. The first-order valence-corrected chi connectivity index (χ1v) is 10.6.